The molecule has 0 aromatic rings. The Morgan fingerprint density at radius 1 is 1.25 bits per heavy atom. The number of piperidine rings is 1. The average Bonchev–Trinajstić information content (AvgIpc) is 2.54. The van der Waals surface area contributed by atoms with Crippen molar-refractivity contribution in [2.24, 2.45) is 11.8 Å². The standard InChI is InChI=1S/C17H33N3O2.2ClH/c1-14(15-4-8-18-9-5-15)12-16(21)19-13-17(20(2)3)6-10-22-11-7-17;;/h14-15,18H,4-13H2,1-3H3,(H,19,21);2*1H. The van der Waals surface area contributed by atoms with Crippen LogP contribution in [0.3, 0.4) is 0 Å². The summed E-state index contributed by atoms with van der Waals surface area (Å²) < 4.78 is 5.48. The maximum atomic E-state index is 12.3. The number of amides is 1. The molecule has 2 heterocycles. The van der Waals surface area contributed by atoms with Gasteiger partial charge in [0.25, 0.3) is 0 Å². The summed E-state index contributed by atoms with van der Waals surface area (Å²) >= 11 is 0. The van der Waals surface area contributed by atoms with E-state index in [1.54, 1.807) is 0 Å². The molecule has 1 atom stereocenters. The number of ether oxygens (including phenoxy) is 1. The van der Waals surface area contributed by atoms with Crippen LogP contribution in [0, 0.1) is 11.8 Å². The lowest BCUT2D eigenvalue weighted by Crippen LogP contribution is -2.55. The zero-order valence-electron chi connectivity index (χ0n) is 15.3. The lowest BCUT2D eigenvalue weighted by Gasteiger charge is -2.43. The second-order valence-electron chi connectivity index (χ2n) is 7.28. The number of nitrogens with zero attached hydrogens (tertiary/aromatic N) is 1. The van der Waals surface area contributed by atoms with Crippen LogP contribution in [0.2, 0.25) is 0 Å². The summed E-state index contributed by atoms with van der Waals surface area (Å²) in [6.45, 7) is 6.74. The maximum absolute atomic E-state index is 12.3. The van der Waals surface area contributed by atoms with E-state index in [9.17, 15) is 4.79 Å². The van der Waals surface area contributed by atoms with E-state index in [1.807, 2.05) is 0 Å². The van der Waals surface area contributed by atoms with Crippen LogP contribution in [0.5, 0.6) is 0 Å². The summed E-state index contributed by atoms with van der Waals surface area (Å²) in [4.78, 5) is 14.6. The van der Waals surface area contributed by atoms with Gasteiger partial charge in [0.05, 0.1) is 0 Å². The molecule has 0 bridgehead atoms. The molecule has 2 fully saturated rings. The van der Waals surface area contributed by atoms with Gasteiger partial charge in [-0.15, -0.1) is 24.8 Å². The number of hydrogen-bond acceptors (Lipinski definition) is 4. The number of rotatable bonds is 6. The topological polar surface area (TPSA) is 53.6 Å². The van der Waals surface area contributed by atoms with Crippen LogP contribution in [0.1, 0.15) is 39.0 Å². The third-order valence-corrected chi connectivity index (χ3v) is 5.68. The van der Waals surface area contributed by atoms with Crippen LogP contribution >= 0.6 is 24.8 Å². The van der Waals surface area contributed by atoms with Crippen molar-refractivity contribution in [3.63, 3.8) is 0 Å². The molecular formula is C17H35Cl2N3O2. The van der Waals surface area contributed by atoms with Crippen molar-refractivity contribution in [1.82, 2.24) is 15.5 Å². The smallest absolute Gasteiger partial charge is 0.220 e. The van der Waals surface area contributed by atoms with Crippen LogP contribution in [0.25, 0.3) is 0 Å². The Morgan fingerprint density at radius 3 is 2.38 bits per heavy atom. The highest BCUT2D eigenvalue weighted by Crippen LogP contribution is 2.26. The molecule has 5 nitrogen and oxygen atoms in total. The molecule has 144 valence electrons. The number of hydrogen-bond donors (Lipinski definition) is 2. The molecular weight excluding hydrogens is 349 g/mol. The van der Waals surface area contributed by atoms with E-state index in [1.165, 1.54) is 12.8 Å². The van der Waals surface area contributed by atoms with Gasteiger partial charge in [0.1, 0.15) is 0 Å². The van der Waals surface area contributed by atoms with Crippen LogP contribution in [-0.2, 0) is 9.53 Å². The van der Waals surface area contributed by atoms with Gasteiger partial charge in [-0.25, -0.2) is 0 Å². The molecule has 2 rings (SSSR count). The minimum atomic E-state index is 0. The Kier molecular flexibility index (Phi) is 11.5. The van der Waals surface area contributed by atoms with Crippen LogP contribution in [0.4, 0.5) is 0 Å². The molecule has 2 saturated heterocycles. The fourth-order valence-corrected chi connectivity index (χ4v) is 3.74. The Labute approximate surface area is 159 Å². The predicted octanol–water partition coefficient (Wildman–Crippen LogP) is 2.08. The molecule has 0 radical (unpaired) electrons. The van der Waals surface area contributed by atoms with Crippen molar-refractivity contribution in [1.29, 1.82) is 0 Å². The van der Waals surface area contributed by atoms with E-state index >= 15 is 0 Å². The summed E-state index contributed by atoms with van der Waals surface area (Å²) in [6, 6.07) is 0. The lowest BCUT2D eigenvalue weighted by molar-refractivity contribution is -0.123. The molecule has 0 aromatic heterocycles. The lowest BCUT2D eigenvalue weighted by atomic mass is 9.84. The highest BCUT2D eigenvalue weighted by molar-refractivity contribution is 5.85. The molecule has 7 heteroatoms. The summed E-state index contributed by atoms with van der Waals surface area (Å²) in [7, 11) is 4.21. The quantitative estimate of drug-likeness (QED) is 0.736. The van der Waals surface area contributed by atoms with Crippen molar-refractivity contribution in [3.8, 4) is 0 Å². The molecule has 0 aliphatic carbocycles. The first-order valence-electron chi connectivity index (χ1n) is 8.76. The average molecular weight is 384 g/mol. The zero-order valence-corrected chi connectivity index (χ0v) is 16.9. The van der Waals surface area contributed by atoms with Crippen molar-refractivity contribution >= 4 is 30.7 Å². The van der Waals surface area contributed by atoms with Crippen LogP contribution in [0.15, 0.2) is 0 Å². The fraction of sp³-hybridized carbons (Fsp3) is 0.941. The Balaban J connectivity index is 0.00000264. The van der Waals surface area contributed by atoms with Gasteiger partial charge in [-0.05, 0) is 64.7 Å². The maximum Gasteiger partial charge on any atom is 0.220 e. The first-order valence-corrected chi connectivity index (χ1v) is 8.76. The Hall–Kier alpha value is -0.0700. The van der Waals surface area contributed by atoms with E-state index in [4.69, 9.17) is 4.74 Å². The second-order valence-corrected chi connectivity index (χ2v) is 7.28. The summed E-state index contributed by atoms with van der Waals surface area (Å²) in [6.07, 6.45) is 5.04. The second kappa shape index (κ2) is 11.5. The largest absolute Gasteiger partial charge is 0.381 e. The number of likely N-dealkylation sites (N-methyl/N-ethyl adjacent to an activating group) is 1. The number of halogens is 2. The minimum Gasteiger partial charge on any atom is -0.381 e. The van der Waals surface area contributed by atoms with E-state index in [0.717, 1.165) is 45.7 Å². The first-order chi connectivity index (χ1) is 10.5. The Bertz CT molecular complexity index is 358. The van der Waals surface area contributed by atoms with Gasteiger partial charge in [0.2, 0.25) is 5.91 Å². The molecule has 2 aliphatic heterocycles. The molecule has 1 unspecified atom stereocenters. The van der Waals surface area contributed by atoms with Crippen LogP contribution < -0.4 is 10.6 Å². The van der Waals surface area contributed by atoms with E-state index in [2.05, 4.69) is 36.6 Å². The monoisotopic (exact) mass is 383 g/mol. The summed E-state index contributed by atoms with van der Waals surface area (Å²) in [5.74, 6) is 1.38. The highest BCUT2D eigenvalue weighted by Gasteiger charge is 2.35. The molecule has 24 heavy (non-hydrogen) atoms. The highest BCUT2D eigenvalue weighted by atomic mass is 35.5. The van der Waals surface area contributed by atoms with Gasteiger partial charge in [-0.1, -0.05) is 6.92 Å². The van der Waals surface area contributed by atoms with Crippen molar-refractivity contribution in [3.05, 3.63) is 0 Å². The third kappa shape index (κ3) is 6.68. The van der Waals surface area contributed by atoms with E-state index in [-0.39, 0.29) is 36.3 Å². The van der Waals surface area contributed by atoms with Gasteiger partial charge in [-0.2, -0.15) is 0 Å². The summed E-state index contributed by atoms with van der Waals surface area (Å²) in [5.41, 5.74) is 0.0614. The number of nitrogens with one attached hydrogen (secondary N) is 2. The van der Waals surface area contributed by atoms with Gasteiger partial charge >= 0.3 is 0 Å². The number of carbonyl (C=O) groups excluding carboxylic acids is 1. The van der Waals surface area contributed by atoms with Gasteiger partial charge < -0.3 is 20.3 Å². The molecule has 0 spiro atoms. The molecule has 0 saturated carbocycles. The van der Waals surface area contributed by atoms with Crippen molar-refractivity contribution in [2.75, 3.05) is 46.9 Å². The van der Waals surface area contributed by atoms with Crippen molar-refractivity contribution < 1.29 is 9.53 Å². The number of carbonyl (C=O) groups is 1. The van der Waals surface area contributed by atoms with Gasteiger partial charge in [-0.3, -0.25) is 4.79 Å². The molecule has 1 amide bonds. The summed E-state index contributed by atoms with van der Waals surface area (Å²) in [5, 5.41) is 6.58. The molecule has 2 aliphatic rings. The minimum absolute atomic E-state index is 0. The van der Waals surface area contributed by atoms with E-state index in [0.29, 0.717) is 18.3 Å². The van der Waals surface area contributed by atoms with Crippen molar-refractivity contribution in [2.45, 2.75) is 44.6 Å². The van der Waals surface area contributed by atoms with Crippen LogP contribution in [-0.4, -0.2) is 63.3 Å². The molecule has 0 aromatic carbocycles. The van der Waals surface area contributed by atoms with E-state index < -0.39 is 0 Å². The third-order valence-electron chi connectivity index (χ3n) is 5.68. The SMILES string of the molecule is CC(CC(=O)NCC1(N(C)C)CCOCC1)C1CCNCC1.Cl.Cl. The Morgan fingerprint density at radius 2 is 1.83 bits per heavy atom. The predicted molar refractivity (Wildman–Crippen MR) is 103 cm³/mol. The normalized spacial score (nSPS) is 22.2. The fourth-order valence-electron chi connectivity index (χ4n) is 3.74. The first kappa shape index (κ1) is 23.9. The van der Waals surface area contributed by atoms with Gasteiger partial charge in [0, 0.05) is 31.7 Å². The zero-order chi connectivity index (χ0) is 16.0. The molecule has 2 N–H and O–H groups in total. The van der Waals surface area contributed by atoms with Gasteiger partial charge in [0.15, 0.2) is 0 Å².